The van der Waals surface area contributed by atoms with Crippen molar-refractivity contribution < 1.29 is 9.18 Å². The van der Waals surface area contributed by atoms with Crippen LogP contribution >= 0.6 is 11.8 Å². The summed E-state index contributed by atoms with van der Waals surface area (Å²) in [6.45, 7) is 0.229. The third-order valence-electron chi connectivity index (χ3n) is 4.55. The van der Waals surface area contributed by atoms with Crippen molar-refractivity contribution in [2.24, 2.45) is 0 Å². The van der Waals surface area contributed by atoms with Crippen LogP contribution < -0.4 is 4.90 Å². The number of halogens is 1. The molecule has 2 heterocycles. The minimum Gasteiger partial charge on any atom is -0.311 e. The van der Waals surface area contributed by atoms with E-state index in [1.165, 1.54) is 47.3 Å². The lowest BCUT2D eigenvalue weighted by atomic mass is 10.2. The van der Waals surface area contributed by atoms with Gasteiger partial charge in [-0.25, -0.2) is 19.0 Å². The van der Waals surface area contributed by atoms with E-state index in [1.807, 2.05) is 36.4 Å². The van der Waals surface area contributed by atoms with Crippen molar-refractivity contribution in [2.75, 3.05) is 17.2 Å². The Morgan fingerprint density at radius 1 is 1.13 bits per heavy atom. The zero-order valence-electron chi connectivity index (χ0n) is 16.3. The van der Waals surface area contributed by atoms with Crippen LogP contribution in [0.25, 0.3) is 16.7 Å². The molecule has 31 heavy (non-hydrogen) atoms. The molecule has 0 aliphatic rings. The highest BCUT2D eigenvalue weighted by Gasteiger charge is 2.18. The predicted octanol–water partition coefficient (Wildman–Crippen LogP) is 3.99. The van der Waals surface area contributed by atoms with Crippen molar-refractivity contribution in [1.82, 2.24) is 19.7 Å². The van der Waals surface area contributed by atoms with Gasteiger partial charge >= 0.3 is 0 Å². The number of benzene rings is 2. The van der Waals surface area contributed by atoms with Crippen molar-refractivity contribution in [2.45, 2.75) is 11.4 Å². The molecule has 0 spiro atoms. The Morgan fingerprint density at radius 2 is 1.90 bits per heavy atom. The van der Waals surface area contributed by atoms with Crippen LogP contribution in [0.4, 0.5) is 10.1 Å². The van der Waals surface area contributed by atoms with Gasteiger partial charge in [-0.2, -0.15) is 10.4 Å². The average Bonchev–Trinajstić information content (AvgIpc) is 3.24. The molecule has 7 nitrogen and oxygen atoms in total. The fourth-order valence-corrected chi connectivity index (χ4v) is 3.92. The van der Waals surface area contributed by atoms with E-state index < -0.39 is 0 Å². The third-order valence-corrected chi connectivity index (χ3v) is 5.54. The number of carbonyl (C=O) groups is 1. The first-order valence-corrected chi connectivity index (χ1v) is 10.5. The molecule has 0 N–H and O–H groups in total. The van der Waals surface area contributed by atoms with E-state index in [9.17, 15) is 9.18 Å². The van der Waals surface area contributed by atoms with E-state index in [1.54, 1.807) is 10.9 Å². The molecule has 4 aromatic rings. The first kappa shape index (κ1) is 20.5. The van der Waals surface area contributed by atoms with Crippen LogP contribution in [0.5, 0.6) is 0 Å². The van der Waals surface area contributed by atoms with Crippen molar-refractivity contribution in [3.05, 3.63) is 72.9 Å². The topological polar surface area (TPSA) is 87.7 Å². The summed E-state index contributed by atoms with van der Waals surface area (Å²) in [7, 11) is 0. The highest BCUT2D eigenvalue weighted by molar-refractivity contribution is 8.00. The second-order valence-corrected chi connectivity index (χ2v) is 7.49. The van der Waals surface area contributed by atoms with Gasteiger partial charge in [-0.3, -0.25) is 4.79 Å². The Bertz CT molecular complexity index is 1240. The summed E-state index contributed by atoms with van der Waals surface area (Å²) in [6.07, 6.45) is 3.31. The SMILES string of the molecule is N#CCCN(C(=O)CSc1ncnc2c1cnn2-c1ccccc1)c1ccc(F)cc1. The summed E-state index contributed by atoms with van der Waals surface area (Å²) in [5.41, 5.74) is 2.07. The van der Waals surface area contributed by atoms with Crippen molar-refractivity contribution >= 4 is 34.4 Å². The van der Waals surface area contributed by atoms with E-state index in [0.29, 0.717) is 16.4 Å². The fraction of sp³-hybridized carbons (Fsp3) is 0.136. The van der Waals surface area contributed by atoms with Crippen molar-refractivity contribution in [3.63, 3.8) is 0 Å². The van der Waals surface area contributed by atoms with Gasteiger partial charge in [-0.05, 0) is 36.4 Å². The van der Waals surface area contributed by atoms with Crippen LogP contribution in [0.1, 0.15) is 6.42 Å². The number of thioether (sulfide) groups is 1. The zero-order valence-corrected chi connectivity index (χ0v) is 17.2. The molecule has 0 unspecified atom stereocenters. The summed E-state index contributed by atoms with van der Waals surface area (Å²) in [6, 6.07) is 17.3. The second-order valence-electron chi connectivity index (χ2n) is 6.53. The zero-order chi connectivity index (χ0) is 21.6. The Morgan fingerprint density at radius 3 is 2.65 bits per heavy atom. The number of amides is 1. The van der Waals surface area contributed by atoms with E-state index in [4.69, 9.17) is 5.26 Å². The molecule has 154 valence electrons. The molecule has 0 saturated heterocycles. The number of para-hydroxylation sites is 1. The molecule has 0 atom stereocenters. The Labute approximate surface area is 182 Å². The van der Waals surface area contributed by atoms with Gasteiger partial charge in [0.1, 0.15) is 17.2 Å². The number of hydrogen-bond donors (Lipinski definition) is 0. The molecule has 4 rings (SSSR count). The molecule has 9 heteroatoms. The molecule has 1 amide bonds. The number of nitriles is 1. The standard InChI is InChI=1S/C22H17FN6OS/c23-16-7-9-17(10-8-16)28(12-4-11-24)20(30)14-31-22-19-13-27-29(21(19)25-15-26-22)18-5-2-1-3-6-18/h1-3,5-10,13,15H,4,12,14H2. The van der Waals surface area contributed by atoms with Crippen LogP contribution in [0.3, 0.4) is 0 Å². The number of aromatic nitrogens is 4. The molecular weight excluding hydrogens is 415 g/mol. The second kappa shape index (κ2) is 9.36. The van der Waals surface area contributed by atoms with Gasteiger partial charge < -0.3 is 4.90 Å². The number of anilines is 1. The van der Waals surface area contributed by atoms with Gasteiger partial charge in [0.2, 0.25) is 5.91 Å². The monoisotopic (exact) mass is 432 g/mol. The van der Waals surface area contributed by atoms with E-state index >= 15 is 0 Å². The number of rotatable bonds is 7. The molecule has 0 aliphatic carbocycles. The van der Waals surface area contributed by atoms with Gasteiger partial charge in [-0.15, -0.1) is 0 Å². The average molecular weight is 432 g/mol. The van der Waals surface area contributed by atoms with Crippen molar-refractivity contribution in [1.29, 1.82) is 5.26 Å². The lowest BCUT2D eigenvalue weighted by Gasteiger charge is -2.21. The van der Waals surface area contributed by atoms with Crippen LogP contribution in [0.2, 0.25) is 0 Å². The van der Waals surface area contributed by atoms with Crippen molar-refractivity contribution in [3.8, 4) is 11.8 Å². The van der Waals surface area contributed by atoms with E-state index in [0.717, 1.165) is 11.1 Å². The lowest BCUT2D eigenvalue weighted by Crippen LogP contribution is -2.33. The Kier molecular flexibility index (Phi) is 6.19. The summed E-state index contributed by atoms with van der Waals surface area (Å²) in [4.78, 5) is 23.1. The lowest BCUT2D eigenvalue weighted by molar-refractivity contribution is -0.116. The minimum atomic E-state index is -0.385. The van der Waals surface area contributed by atoms with Gasteiger partial charge in [0.25, 0.3) is 0 Å². The van der Waals surface area contributed by atoms with Gasteiger partial charge in [0, 0.05) is 12.2 Å². The molecule has 2 aromatic heterocycles. The van der Waals surface area contributed by atoms with Crippen LogP contribution in [0, 0.1) is 17.1 Å². The van der Waals surface area contributed by atoms with E-state index in [2.05, 4.69) is 15.1 Å². The maximum absolute atomic E-state index is 13.3. The normalized spacial score (nSPS) is 10.7. The van der Waals surface area contributed by atoms with Crippen LogP contribution in [-0.4, -0.2) is 38.0 Å². The fourth-order valence-electron chi connectivity index (χ4n) is 3.08. The van der Waals surface area contributed by atoms with Crippen LogP contribution in [-0.2, 0) is 4.79 Å². The Hall–Kier alpha value is -3.77. The van der Waals surface area contributed by atoms with Crippen LogP contribution in [0.15, 0.2) is 72.1 Å². The van der Waals surface area contributed by atoms with Gasteiger partial charge in [0.05, 0.1) is 35.5 Å². The van der Waals surface area contributed by atoms with Gasteiger partial charge in [-0.1, -0.05) is 30.0 Å². The molecule has 0 saturated carbocycles. The highest BCUT2D eigenvalue weighted by Crippen LogP contribution is 2.27. The first-order valence-electron chi connectivity index (χ1n) is 9.47. The Balaban J connectivity index is 1.55. The maximum atomic E-state index is 13.3. The molecule has 0 radical (unpaired) electrons. The third kappa shape index (κ3) is 4.54. The maximum Gasteiger partial charge on any atom is 0.237 e. The smallest absolute Gasteiger partial charge is 0.237 e. The molecule has 0 fully saturated rings. The van der Waals surface area contributed by atoms with Gasteiger partial charge in [0.15, 0.2) is 5.65 Å². The molecule has 2 aromatic carbocycles. The quantitative estimate of drug-likeness (QED) is 0.324. The molecule has 0 aliphatic heterocycles. The number of carbonyl (C=O) groups excluding carboxylic acids is 1. The summed E-state index contributed by atoms with van der Waals surface area (Å²) >= 11 is 1.27. The first-order chi connectivity index (χ1) is 15.2. The number of fused-ring (bicyclic) bond motifs is 1. The number of hydrogen-bond acceptors (Lipinski definition) is 6. The molecule has 0 bridgehead atoms. The summed E-state index contributed by atoms with van der Waals surface area (Å²) in [5, 5.41) is 14.7. The minimum absolute atomic E-state index is 0.103. The highest BCUT2D eigenvalue weighted by atomic mass is 32.2. The molecular formula is C22H17FN6OS. The number of nitrogens with zero attached hydrogens (tertiary/aromatic N) is 6. The van der Waals surface area contributed by atoms with E-state index in [-0.39, 0.29) is 30.4 Å². The largest absolute Gasteiger partial charge is 0.311 e. The summed E-state index contributed by atoms with van der Waals surface area (Å²) < 4.78 is 15.0. The predicted molar refractivity (Wildman–Crippen MR) is 116 cm³/mol. The summed E-state index contributed by atoms with van der Waals surface area (Å²) in [5.74, 6) is -0.482.